The van der Waals surface area contributed by atoms with E-state index in [2.05, 4.69) is 28.4 Å². The topological polar surface area (TPSA) is 30.2 Å². The fourth-order valence-corrected chi connectivity index (χ4v) is 1.23. The van der Waals surface area contributed by atoms with Crippen LogP contribution in [0.1, 0.15) is 25.2 Å². The highest BCUT2D eigenvalue weighted by molar-refractivity contribution is 5.78. The minimum Gasteiger partial charge on any atom is -0.330 e. The summed E-state index contributed by atoms with van der Waals surface area (Å²) in [5, 5.41) is 0. The van der Waals surface area contributed by atoms with Crippen LogP contribution in [0.3, 0.4) is 0 Å². The van der Waals surface area contributed by atoms with Crippen LogP contribution < -0.4 is 0 Å². The van der Waals surface area contributed by atoms with Crippen LogP contribution in [0.15, 0.2) is 11.3 Å². The van der Waals surface area contributed by atoms with Gasteiger partial charge in [-0.1, -0.05) is 6.92 Å². The number of hydrogen-bond donors (Lipinski definition) is 0. The van der Waals surface area contributed by atoms with Crippen molar-refractivity contribution in [3.63, 3.8) is 0 Å². The molecule has 0 unspecified atom stereocenters. The van der Waals surface area contributed by atoms with Gasteiger partial charge < -0.3 is 4.57 Å². The lowest BCUT2D eigenvalue weighted by Crippen LogP contribution is -2.00. The van der Waals surface area contributed by atoms with Gasteiger partial charge in [-0.05, 0) is 13.3 Å². The van der Waals surface area contributed by atoms with Crippen molar-refractivity contribution in [3.05, 3.63) is 17.7 Å². The average Bonchev–Trinajstić information content (AvgIpc) is 2.48. The Hall–Kier alpha value is -1.12. The molecule has 1 aromatic heterocycles. The van der Waals surface area contributed by atoms with E-state index in [-0.39, 0.29) is 0 Å². The van der Waals surface area contributed by atoms with Crippen LogP contribution in [0.25, 0.3) is 0 Å². The molecule has 66 valence electrons. The van der Waals surface area contributed by atoms with Gasteiger partial charge in [-0.2, -0.15) is 0 Å². The molecule has 0 aromatic carbocycles. The molecular weight excluding hydrogens is 150 g/mol. The highest BCUT2D eigenvalue weighted by Crippen LogP contribution is 2.05. The number of imidazole rings is 1. The minimum absolute atomic E-state index is 0.953. The molecule has 0 aliphatic rings. The van der Waals surface area contributed by atoms with Crippen LogP contribution in [0.2, 0.25) is 0 Å². The fraction of sp³-hybridized carbons (Fsp3) is 0.556. The predicted octanol–water partition coefficient (Wildman–Crippen LogP) is 1.51. The molecule has 3 heteroatoms. The quantitative estimate of drug-likeness (QED) is 0.624. The summed E-state index contributed by atoms with van der Waals surface area (Å²) >= 11 is 0. The van der Waals surface area contributed by atoms with Crippen LogP contribution in [-0.2, 0) is 13.0 Å². The molecule has 0 aliphatic carbocycles. The van der Waals surface area contributed by atoms with Gasteiger partial charge >= 0.3 is 0 Å². The molecule has 0 bridgehead atoms. The van der Waals surface area contributed by atoms with Crippen molar-refractivity contribution in [1.82, 2.24) is 9.55 Å². The first kappa shape index (κ1) is 8.97. The van der Waals surface area contributed by atoms with Gasteiger partial charge in [0.25, 0.3) is 0 Å². The summed E-state index contributed by atoms with van der Waals surface area (Å²) in [5.41, 5.74) is 2.27. The van der Waals surface area contributed by atoms with Crippen LogP contribution >= 0.6 is 0 Å². The molecule has 1 rings (SSSR count). The zero-order valence-corrected chi connectivity index (χ0v) is 7.91. The smallest absolute Gasteiger partial charge is 0.0954 e. The van der Waals surface area contributed by atoms with Crippen molar-refractivity contribution in [2.45, 2.75) is 26.8 Å². The summed E-state index contributed by atoms with van der Waals surface area (Å²) in [4.78, 5) is 8.31. The van der Waals surface area contributed by atoms with E-state index in [1.165, 1.54) is 0 Å². The summed E-state index contributed by atoms with van der Waals surface area (Å²) in [5.74, 6) is 0. The van der Waals surface area contributed by atoms with Crippen molar-refractivity contribution in [2.24, 2.45) is 4.99 Å². The molecule has 0 saturated carbocycles. The van der Waals surface area contributed by atoms with Gasteiger partial charge in [0, 0.05) is 19.8 Å². The summed E-state index contributed by atoms with van der Waals surface area (Å²) in [6.07, 6.45) is 4.71. The van der Waals surface area contributed by atoms with Crippen LogP contribution in [-0.4, -0.2) is 22.8 Å². The molecule has 0 saturated heterocycles. The Bertz CT molecular complexity index is 252. The molecule has 0 radical (unpaired) electrons. The van der Waals surface area contributed by atoms with Crippen molar-refractivity contribution < 1.29 is 0 Å². The second-order valence-corrected chi connectivity index (χ2v) is 2.60. The second-order valence-electron chi connectivity index (χ2n) is 2.60. The molecule has 0 fully saturated rings. The maximum atomic E-state index is 4.30. The molecule has 0 N–H and O–H groups in total. The lowest BCUT2D eigenvalue weighted by Gasteiger charge is -2.00. The number of aliphatic imine (C=N–C) groups is 1. The second kappa shape index (κ2) is 4.04. The van der Waals surface area contributed by atoms with Crippen molar-refractivity contribution >= 4 is 6.21 Å². The van der Waals surface area contributed by atoms with Gasteiger partial charge in [-0.25, -0.2) is 4.98 Å². The maximum absolute atomic E-state index is 4.30. The van der Waals surface area contributed by atoms with Gasteiger partial charge in [-0.15, -0.1) is 0 Å². The Morgan fingerprint density at radius 1 is 1.58 bits per heavy atom. The molecule has 0 atom stereocenters. The Balaban J connectivity index is 3.07. The maximum Gasteiger partial charge on any atom is 0.0954 e. The van der Waals surface area contributed by atoms with E-state index in [0.29, 0.717) is 0 Å². The molecule has 3 nitrogen and oxygen atoms in total. The molecule has 0 aliphatic heterocycles. The molecular formula is C9H15N3. The van der Waals surface area contributed by atoms with Crippen LogP contribution in [0, 0.1) is 0 Å². The molecule has 1 aromatic rings. The minimum atomic E-state index is 0.953. The average molecular weight is 165 g/mol. The van der Waals surface area contributed by atoms with E-state index in [4.69, 9.17) is 0 Å². The lowest BCUT2D eigenvalue weighted by atomic mass is 10.3. The van der Waals surface area contributed by atoms with E-state index in [1.807, 2.05) is 12.5 Å². The number of hydrogen-bond acceptors (Lipinski definition) is 2. The van der Waals surface area contributed by atoms with Gasteiger partial charge in [0.15, 0.2) is 0 Å². The monoisotopic (exact) mass is 165 g/mol. The normalized spacial score (nSPS) is 11.2. The zero-order valence-electron chi connectivity index (χ0n) is 7.91. The Kier molecular flexibility index (Phi) is 3.02. The highest BCUT2D eigenvalue weighted by Gasteiger charge is 2.04. The number of rotatable bonds is 3. The number of aryl methyl sites for hydroxylation is 2. The Morgan fingerprint density at radius 2 is 2.33 bits per heavy atom. The van der Waals surface area contributed by atoms with Crippen LogP contribution in [0.5, 0.6) is 0 Å². The molecule has 0 amide bonds. The van der Waals surface area contributed by atoms with E-state index >= 15 is 0 Å². The van der Waals surface area contributed by atoms with E-state index < -0.39 is 0 Å². The summed E-state index contributed by atoms with van der Waals surface area (Å²) in [7, 11) is 1.78. The first-order valence-corrected chi connectivity index (χ1v) is 4.29. The van der Waals surface area contributed by atoms with E-state index in [1.54, 1.807) is 7.05 Å². The molecule has 1 heterocycles. The van der Waals surface area contributed by atoms with E-state index in [0.717, 1.165) is 24.4 Å². The first-order chi connectivity index (χ1) is 5.83. The van der Waals surface area contributed by atoms with Crippen molar-refractivity contribution in [3.8, 4) is 0 Å². The van der Waals surface area contributed by atoms with Crippen molar-refractivity contribution in [1.29, 1.82) is 0 Å². The zero-order chi connectivity index (χ0) is 8.97. The third kappa shape index (κ3) is 1.55. The number of aromatic nitrogens is 2. The standard InChI is InChI=1S/C9H15N3/c1-4-8-9(6-10-3)12(5-2)7-11-8/h6-7H,4-5H2,1-3H3/b10-6-. The largest absolute Gasteiger partial charge is 0.330 e. The van der Waals surface area contributed by atoms with Gasteiger partial charge in [0.1, 0.15) is 0 Å². The highest BCUT2D eigenvalue weighted by atomic mass is 15.1. The first-order valence-electron chi connectivity index (χ1n) is 4.29. The van der Waals surface area contributed by atoms with Gasteiger partial charge in [-0.3, -0.25) is 4.99 Å². The lowest BCUT2D eigenvalue weighted by molar-refractivity contribution is 0.755. The molecule has 12 heavy (non-hydrogen) atoms. The predicted molar refractivity (Wildman–Crippen MR) is 50.8 cm³/mol. The fourth-order valence-electron chi connectivity index (χ4n) is 1.23. The van der Waals surface area contributed by atoms with Gasteiger partial charge in [0.05, 0.1) is 17.7 Å². The summed E-state index contributed by atoms with van der Waals surface area (Å²) in [6, 6.07) is 0. The third-order valence-electron chi connectivity index (χ3n) is 1.89. The number of nitrogens with zero attached hydrogens (tertiary/aromatic N) is 3. The third-order valence-corrected chi connectivity index (χ3v) is 1.89. The van der Waals surface area contributed by atoms with Crippen LogP contribution in [0.4, 0.5) is 0 Å². The van der Waals surface area contributed by atoms with Gasteiger partial charge in [0.2, 0.25) is 0 Å². The van der Waals surface area contributed by atoms with E-state index in [9.17, 15) is 0 Å². The van der Waals surface area contributed by atoms with Crippen molar-refractivity contribution in [2.75, 3.05) is 7.05 Å². The Labute approximate surface area is 73.2 Å². The SMILES string of the molecule is CCc1ncn(CC)c1/C=N\C. The molecule has 0 spiro atoms. The summed E-state index contributed by atoms with van der Waals surface area (Å²) < 4.78 is 2.10. The summed E-state index contributed by atoms with van der Waals surface area (Å²) in [6.45, 7) is 5.16. The Morgan fingerprint density at radius 3 is 2.83 bits per heavy atom.